The third kappa shape index (κ3) is 2.86. The minimum Gasteiger partial charge on any atom is -0.481 e. The Kier molecular flexibility index (Phi) is 4.03. The molecular formula is C16H22N2O2. The predicted octanol–water partition coefficient (Wildman–Crippen LogP) is 1.50. The van der Waals surface area contributed by atoms with Gasteiger partial charge in [0.15, 0.2) is 0 Å². The van der Waals surface area contributed by atoms with E-state index in [2.05, 4.69) is 16.3 Å². The molecule has 0 amide bonds. The van der Waals surface area contributed by atoms with Gasteiger partial charge < -0.3 is 10.4 Å². The lowest BCUT2D eigenvalue weighted by molar-refractivity contribution is -0.136. The van der Waals surface area contributed by atoms with Gasteiger partial charge in [-0.2, -0.15) is 0 Å². The van der Waals surface area contributed by atoms with Crippen molar-refractivity contribution in [1.29, 1.82) is 0 Å². The molecular weight excluding hydrogens is 252 g/mol. The first-order valence-corrected chi connectivity index (χ1v) is 7.47. The second-order valence-electron chi connectivity index (χ2n) is 5.94. The Morgan fingerprint density at radius 3 is 2.90 bits per heavy atom. The summed E-state index contributed by atoms with van der Waals surface area (Å²) in [5, 5.41) is 12.5. The van der Waals surface area contributed by atoms with Crippen LogP contribution in [0.5, 0.6) is 0 Å². The van der Waals surface area contributed by atoms with E-state index in [0.717, 1.165) is 37.7 Å². The summed E-state index contributed by atoms with van der Waals surface area (Å²) >= 11 is 0. The molecule has 2 aliphatic rings. The van der Waals surface area contributed by atoms with Crippen LogP contribution < -0.4 is 5.32 Å². The van der Waals surface area contributed by atoms with Gasteiger partial charge in [-0.15, -0.1) is 0 Å². The standard InChI is InChI=1S/C16H22N2O2/c19-16(20)8-12-4-1-2-5-14(12)11-18-7-3-6-13-9-17-10-15(13)18/h1-2,4-5,13,15,17H,3,6-11H2,(H,19,20). The number of fused-ring (bicyclic) bond motifs is 1. The number of likely N-dealkylation sites (tertiary alicyclic amines) is 1. The highest BCUT2D eigenvalue weighted by molar-refractivity contribution is 5.70. The van der Waals surface area contributed by atoms with Crippen LogP contribution in [-0.4, -0.2) is 41.7 Å². The fourth-order valence-corrected chi connectivity index (χ4v) is 3.63. The molecule has 2 saturated heterocycles. The maximum atomic E-state index is 11.0. The fourth-order valence-electron chi connectivity index (χ4n) is 3.63. The Labute approximate surface area is 119 Å². The molecule has 0 radical (unpaired) electrons. The molecule has 0 saturated carbocycles. The number of hydrogen-bond donors (Lipinski definition) is 2. The van der Waals surface area contributed by atoms with Crippen LogP contribution in [0.2, 0.25) is 0 Å². The number of hydrogen-bond acceptors (Lipinski definition) is 3. The van der Waals surface area contributed by atoms with E-state index in [-0.39, 0.29) is 6.42 Å². The van der Waals surface area contributed by atoms with E-state index in [1.807, 2.05) is 18.2 Å². The molecule has 0 spiro atoms. The lowest BCUT2D eigenvalue weighted by atomic mass is 9.91. The largest absolute Gasteiger partial charge is 0.481 e. The minimum atomic E-state index is -0.753. The third-order valence-electron chi connectivity index (χ3n) is 4.63. The molecule has 2 fully saturated rings. The average Bonchev–Trinajstić information content (AvgIpc) is 2.90. The summed E-state index contributed by atoms with van der Waals surface area (Å²) in [5.41, 5.74) is 2.12. The molecule has 1 aromatic rings. The van der Waals surface area contributed by atoms with Gasteiger partial charge in [-0.1, -0.05) is 24.3 Å². The highest BCUT2D eigenvalue weighted by Gasteiger charge is 2.34. The lowest BCUT2D eigenvalue weighted by Gasteiger charge is -2.37. The van der Waals surface area contributed by atoms with Crippen LogP contribution in [0, 0.1) is 5.92 Å². The van der Waals surface area contributed by atoms with E-state index in [9.17, 15) is 4.79 Å². The van der Waals surface area contributed by atoms with Crippen LogP contribution >= 0.6 is 0 Å². The zero-order valence-electron chi connectivity index (χ0n) is 11.7. The number of nitrogens with one attached hydrogen (secondary N) is 1. The summed E-state index contributed by atoms with van der Waals surface area (Å²) in [7, 11) is 0. The van der Waals surface area contributed by atoms with Crippen molar-refractivity contribution in [3.05, 3.63) is 35.4 Å². The molecule has 4 nitrogen and oxygen atoms in total. The number of carbonyl (C=O) groups is 1. The molecule has 0 aromatic heterocycles. The summed E-state index contributed by atoms with van der Waals surface area (Å²) in [5.74, 6) is 0.0203. The van der Waals surface area contributed by atoms with Crippen LogP contribution in [0.4, 0.5) is 0 Å². The van der Waals surface area contributed by atoms with Crippen LogP contribution in [0.3, 0.4) is 0 Å². The molecule has 1 aromatic carbocycles. The van der Waals surface area contributed by atoms with Gasteiger partial charge in [0.1, 0.15) is 0 Å². The van der Waals surface area contributed by atoms with Crippen molar-refractivity contribution in [1.82, 2.24) is 10.2 Å². The zero-order chi connectivity index (χ0) is 13.9. The van der Waals surface area contributed by atoms with Gasteiger partial charge >= 0.3 is 5.97 Å². The Morgan fingerprint density at radius 1 is 1.30 bits per heavy atom. The maximum Gasteiger partial charge on any atom is 0.307 e. The third-order valence-corrected chi connectivity index (χ3v) is 4.63. The summed E-state index contributed by atoms with van der Waals surface area (Å²) in [6.45, 7) is 4.22. The van der Waals surface area contributed by atoms with E-state index >= 15 is 0 Å². The SMILES string of the molecule is O=C(O)Cc1ccccc1CN1CCCC2CNCC21. The molecule has 2 atom stereocenters. The Balaban J connectivity index is 1.75. The second-order valence-corrected chi connectivity index (χ2v) is 5.94. The summed E-state index contributed by atoms with van der Waals surface area (Å²) in [6, 6.07) is 8.58. The number of aliphatic carboxylic acids is 1. The first kappa shape index (κ1) is 13.6. The molecule has 108 valence electrons. The maximum absolute atomic E-state index is 11.0. The molecule has 4 heteroatoms. The van der Waals surface area contributed by atoms with Gasteiger partial charge in [0.25, 0.3) is 0 Å². The van der Waals surface area contributed by atoms with Crippen LogP contribution in [0.25, 0.3) is 0 Å². The second kappa shape index (κ2) is 5.94. The fraction of sp³-hybridized carbons (Fsp3) is 0.562. The Hall–Kier alpha value is -1.39. The first-order valence-electron chi connectivity index (χ1n) is 7.47. The van der Waals surface area contributed by atoms with Crippen molar-refractivity contribution in [2.24, 2.45) is 5.92 Å². The number of carboxylic acids is 1. The Morgan fingerprint density at radius 2 is 2.10 bits per heavy atom. The van der Waals surface area contributed by atoms with E-state index in [0.29, 0.717) is 6.04 Å². The minimum absolute atomic E-state index is 0.121. The van der Waals surface area contributed by atoms with E-state index in [4.69, 9.17) is 5.11 Å². The Bertz CT molecular complexity index is 489. The molecule has 3 rings (SSSR count). The smallest absolute Gasteiger partial charge is 0.307 e. The van der Waals surface area contributed by atoms with Crippen molar-refractivity contribution in [2.45, 2.75) is 31.8 Å². The van der Waals surface area contributed by atoms with Gasteiger partial charge in [0.05, 0.1) is 6.42 Å². The van der Waals surface area contributed by atoms with Gasteiger partial charge in [-0.05, 0) is 43.0 Å². The van der Waals surface area contributed by atoms with Gasteiger partial charge in [0.2, 0.25) is 0 Å². The number of benzene rings is 1. The molecule has 2 heterocycles. The normalized spacial score (nSPS) is 26.4. The van der Waals surface area contributed by atoms with Gasteiger partial charge in [-0.25, -0.2) is 0 Å². The van der Waals surface area contributed by atoms with Crippen LogP contribution in [-0.2, 0) is 17.8 Å². The average molecular weight is 274 g/mol. The van der Waals surface area contributed by atoms with Crippen LogP contribution in [0.15, 0.2) is 24.3 Å². The van der Waals surface area contributed by atoms with E-state index in [1.54, 1.807) is 0 Å². The topological polar surface area (TPSA) is 52.6 Å². The van der Waals surface area contributed by atoms with Crippen LogP contribution in [0.1, 0.15) is 24.0 Å². The van der Waals surface area contributed by atoms with Gasteiger partial charge in [0, 0.05) is 19.1 Å². The summed E-state index contributed by atoms with van der Waals surface area (Å²) in [6.07, 6.45) is 2.70. The van der Waals surface area contributed by atoms with Crippen molar-refractivity contribution < 1.29 is 9.90 Å². The number of piperidine rings is 1. The van der Waals surface area contributed by atoms with Crippen molar-refractivity contribution >= 4 is 5.97 Å². The van der Waals surface area contributed by atoms with Crippen molar-refractivity contribution in [3.63, 3.8) is 0 Å². The van der Waals surface area contributed by atoms with E-state index in [1.165, 1.54) is 18.4 Å². The van der Waals surface area contributed by atoms with Gasteiger partial charge in [-0.3, -0.25) is 9.69 Å². The number of carboxylic acid groups (broad SMARTS) is 1. The number of nitrogens with zero attached hydrogens (tertiary/aromatic N) is 1. The molecule has 0 aliphatic carbocycles. The predicted molar refractivity (Wildman–Crippen MR) is 77.6 cm³/mol. The molecule has 2 unspecified atom stereocenters. The lowest BCUT2D eigenvalue weighted by Crippen LogP contribution is -2.44. The highest BCUT2D eigenvalue weighted by atomic mass is 16.4. The zero-order valence-corrected chi connectivity index (χ0v) is 11.7. The number of rotatable bonds is 4. The van der Waals surface area contributed by atoms with E-state index < -0.39 is 5.97 Å². The summed E-state index contributed by atoms with van der Waals surface area (Å²) in [4.78, 5) is 13.5. The van der Waals surface area contributed by atoms with Crippen molar-refractivity contribution in [2.75, 3.05) is 19.6 Å². The quantitative estimate of drug-likeness (QED) is 0.873. The first-order chi connectivity index (χ1) is 9.74. The molecule has 2 N–H and O–H groups in total. The summed E-state index contributed by atoms with van der Waals surface area (Å²) < 4.78 is 0. The molecule has 20 heavy (non-hydrogen) atoms. The van der Waals surface area contributed by atoms with Crippen molar-refractivity contribution in [3.8, 4) is 0 Å². The molecule has 0 bridgehead atoms. The highest BCUT2D eigenvalue weighted by Crippen LogP contribution is 2.28. The monoisotopic (exact) mass is 274 g/mol. The molecule has 2 aliphatic heterocycles.